The number of hydrogen-bond donors (Lipinski definition) is 1. The van der Waals surface area contributed by atoms with Crippen molar-refractivity contribution in [2.75, 3.05) is 32.7 Å². The van der Waals surface area contributed by atoms with Gasteiger partial charge in [-0.05, 0) is 64.3 Å². The number of nitrogens with one attached hydrogen (secondary N) is 1. The average molecular weight is 168 g/mol. The van der Waals surface area contributed by atoms with Gasteiger partial charge in [-0.15, -0.1) is 0 Å². The second-order valence-corrected chi connectivity index (χ2v) is 4.20. The van der Waals surface area contributed by atoms with E-state index in [4.69, 9.17) is 0 Å². The number of hydrogen-bond acceptors (Lipinski definition) is 2. The van der Waals surface area contributed by atoms with Crippen LogP contribution in [0.3, 0.4) is 0 Å². The molecule has 0 aromatic heterocycles. The summed E-state index contributed by atoms with van der Waals surface area (Å²) in [6, 6.07) is 0. The van der Waals surface area contributed by atoms with Gasteiger partial charge in [-0.3, -0.25) is 0 Å². The summed E-state index contributed by atoms with van der Waals surface area (Å²) in [7, 11) is 0. The van der Waals surface area contributed by atoms with E-state index in [0.29, 0.717) is 0 Å². The molecule has 2 aliphatic rings. The first-order valence-corrected chi connectivity index (χ1v) is 5.38. The first-order valence-electron chi connectivity index (χ1n) is 5.38. The van der Waals surface area contributed by atoms with E-state index >= 15 is 0 Å². The highest BCUT2D eigenvalue weighted by Crippen LogP contribution is 2.16. The van der Waals surface area contributed by atoms with Crippen molar-refractivity contribution in [1.29, 1.82) is 0 Å². The van der Waals surface area contributed by atoms with E-state index in [1.807, 2.05) is 0 Å². The molecule has 2 saturated heterocycles. The van der Waals surface area contributed by atoms with Crippen molar-refractivity contribution in [1.82, 2.24) is 10.2 Å². The zero-order valence-corrected chi connectivity index (χ0v) is 7.89. The maximum absolute atomic E-state index is 3.48. The second-order valence-electron chi connectivity index (χ2n) is 4.20. The Bertz CT molecular complexity index is 126. The lowest BCUT2D eigenvalue weighted by Crippen LogP contribution is -2.39. The van der Waals surface area contributed by atoms with Crippen LogP contribution in [0, 0.1) is 5.92 Å². The fraction of sp³-hybridized carbons (Fsp3) is 1.00. The van der Waals surface area contributed by atoms with E-state index in [2.05, 4.69) is 10.2 Å². The average Bonchev–Trinajstić information content (AvgIpc) is 2.04. The van der Waals surface area contributed by atoms with Crippen molar-refractivity contribution in [3.8, 4) is 0 Å². The zero-order chi connectivity index (χ0) is 8.23. The summed E-state index contributed by atoms with van der Waals surface area (Å²) in [5, 5.41) is 3.48. The van der Waals surface area contributed by atoms with Crippen LogP contribution in [0.25, 0.3) is 0 Å². The third kappa shape index (κ3) is 2.20. The molecular weight excluding hydrogens is 148 g/mol. The van der Waals surface area contributed by atoms with Crippen LogP contribution in [0.2, 0.25) is 0 Å². The van der Waals surface area contributed by atoms with Crippen molar-refractivity contribution in [3.63, 3.8) is 0 Å². The van der Waals surface area contributed by atoms with E-state index in [1.165, 1.54) is 58.4 Å². The maximum atomic E-state index is 3.48. The summed E-state index contributed by atoms with van der Waals surface area (Å²) in [5.74, 6) is 0.972. The zero-order valence-electron chi connectivity index (χ0n) is 7.89. The van der Waals surface area contributed by atoms with Crippen LogP contribution in [0.15, 0.2) is 0 Å². The highest BCUT2D eigenvalue weighted by atomic mass is 15.2. The third-order valence-electron chi connectivity index (χ3n) is 3.20. The summed E-state index contributed by atoms with van der Waals surface area (Å²) >= 11 is 0. The van der Waals surface area contributed by atoms with Gasteiger partial charge in [0.1, 0.15) is 0 Å². The molecule has 0 saturated carbocycles. The molecule has 1 unspecified atom stereocenters. The Hall–Kier alpha value is -0.0800. The van der Waals surface area contributed by atoms with Crippen LogP contribution in [0.4, 0.5) is 0 Å². The maximum Gasteiger partial charge on any atom is -0.000654 e. The predicted molar refractivity (Wildman–Crippen MR) is 51.3 cm³/mol. The molecule has 2 heteroatoms. The molecule has 70 valence electrons. The Kier molecular flexibility index (Phi) is 3.01. The molecule has 2 heterocycles. The van der Waals surface area contributed by atoms with Gasteiger partial charge in [0, 0.05) is 0 Å². The minimum Gasteiger partial charge on any atom is -0.316 e. The number of nitrogens with zero attached hydrogens (tertiary/aromatic N) is 1. The Morgan fingerprint density at radius 3 is 2.75 bits per heavy atom. The van der Waals surface area contributed by atoms with E-state index in [9.17, 15) is 0 Å². The van der Waals surface area contributed by atoms with Gasteiger partial charge in [-0.25, -0.2) is 0 Å². The summed E-state index contributed by atoms with van der Waals surface area (Å²) in [6.45, 7) is 6.60. The van der Waals surface area contributed by atoms with E-state index < -0.39 is 0 Å². The molecule has 1 atom stereocenters. The summed E-state index contributed by atoms with van der Waals surface area (Å²) in [5.41, 5.74) is 0. The Morgan fingerprint density at radius 2 is 2.17 bits per heavy atom. The first-order chi connectivity index (χ1) is 5.95. The number of rotatable bonds is 3. The van der Waals surface area contributed by atoms with Crippen molar-refractivity contribution >= 4 is 0 Å². The molecule has 0 aromatic rings. The molecule has 0 amide bonds. The van der Waals surface area contributed by atoms with Crippen molar-refractivity contribution in [2.24, 2.45) is 5.92 Å². The Morgan fingerprint density at radius 1 is 1.25 bits per heavy atom. The number of likely N-dealkylation sites (tertiary alicyclic amines) is 1. The Balaban J connectivity index is 1.58. The van der Waals surface area contributed by atoms with Crippen molar-refractivity contribution < 1.29 is 0 Å². The van der Waals surface area contributed by atoms with Gasteiger partial charge >= 0.3 is 0 Å². The smallest absolute Gasteiger partial charge is 0.000654 e. The summed E-state index contributed by atoms with van der Waals surface area (Å²) < 4.78 is 0. The molecule has 2 nitrogen and oxygen atoms in total. The topological polar surface area (TPSA) is 15.3 Å². The highest BCUT2D eigenvalue weighted by molar-refractivity contribution is 4.73. The summed E-state index contributed by atoms with van der Waals surface area (Å²) in [6.07, 6.45) is 5.71. The normalized spacial score (nSPS) is 31.5. The molecule has 2 aliphatic heterocycles. The number of piperidine rings is 1. The van der Waals surface area contributed by atoms with Gasteiger partial charge in [0.05, 0.1) is 0 Å². The van der Waals surface area contributed by atoms with E-state index in [-0.39, 0.29) is 0 Å². The van der Waals surface area contributed by atoms with Crippen molar-refractivity contribution in [3.05, 3.63) is 0 Å². The van der Waals surface area contributed by atoms with Gasteiger partial charge in [-0.2, -0.15) is 0 Å². The lowest BCUT2D eigenvalue weighted by atomic mass is 9.95. The summed E-state index contributed by atoms with van der Waals surface area (Å²) in [4.78, 5) is 2.58. The quantitative estimate of drug-likeness (QED) is 0.678. The minimum atomic E-state index is 0.972. The van der Waals surface area contributed by atoms with Crippen LogP contribution >= 0.6 is 0 Å². The molecule has 0 spiro atoms. The molecule has 0 bridgehead atoms. The second kappa shape index (κ2) is 4.24. The van der Waals surface area contributed by atoms with Crippen LogP contribution in [0.5, 0.6) is 0 Å². The lowest BCUT2D eigenvalue weighted by Gasteiger charge is -2.33. The molecule has 12 heavy (non-hydrogen) atoms. The van der Waals surface area contributed by atoms with Crippen LogP contribution in [-0.2, 0) is 0 Å². The first kappa shape index (κ1) is 8.52. The highest BCUT2D eigenvalue weighted by Gasteiger charge is 2.17. The van der Waals surface area contributed by atoms with E-state index in [0.717, 1.165) is 5.92 Å². The van der Waals surface area contributed by atoms with Gasteiger partial charge in [0.25, 0.3) is 0 Å². The van der Waals surface area contributed by atoms with Gasteiger partial charge in [0.2, 0.25) is 0 Å². The standard InChI is InChI=1S/C10H20N2/c1-3-10(9-11-5-1)4-8-12-6-2-7-12/h10-11H,1-9H2. The van der Waals surface area contributed by atoms with Gasteiger partial charge in [0.15, 0.2) is 0 Å². The van der Waals surface area contributed by atoms with Gasteiger partial charge < -0.3 is 10.2 Å². The van der Waals surface area contributed by atoms with Crippen LogP contribution in [-0.4, -0.2) is 37.6 Å². The molecule has 2 fully saturated rings. The SMILES string of the molecule is C1CNCC(CCN2CCC2)C1. The van der Waals surface area contributed by atoms with Crippen LogP contribution < -0.4 is 5.32 Å². The molecular formula is C10H20N2. The molecule has 0 radical (unpaired) electrons. The fourth-order valence-corrected chi connectivity index (χ4v) is 2.14. The monoisotopic (exact) mass is 168 g/mol. The van der Waals surface area contributed by atoms with E-state index in [1.54, 1.807) is 0 Å². The lowest BCUT2D eigenvalue weighted by molar-refractivity contribution is 0.163. The fourth-order valence-electron chi connectivity index (χ4n) is 2.14. The molecule has 2 rings (SSSR count). The molecule has 0 aromatic carbocycles. The Labute approximate surface area is 75.3 Å². The van der Waals surface area contributed by atoms with Gasteiger partial charge in [-0.1, -0.05) is 0 Å². The van der Waals surface area contributed by atoms with Crippen molar-refractivity contribution in [2.45, 2.75) is 25.7 Å². The van der Waals surface area contributed by atoms with Crippen LogP contribution in [0.1, 0.15) is 25.7 Å². The molecule has 1 N–H and O–H groups in total. The largest absolute Gasteiger partial charge is 0.316 e. The molecule has 0 aliphatic carbocycles. The third-order valence-corrected chi connectivity index (χ3v) is 3.20. The predicted octanol–water partition coefficient (Wildman–Crippen LogP) is 1.08. The minimum absolute atomic E-state index is 0.972.